The number of halogens is 2. The van der Waals surface area contributed by atoms with Crippen LogP contribution >= 0.6 is 24.8 Å². The number of fused-ring (bicyclic) bond motifs is 1. The molecule has 150 valence electrons. The number of phenolic OH excluding ortho intramolecular Hbond substituents is 1. The second-order valence-electron chi connectivity index (χ2n) is 6.45. The van der Waals surface area contributed by atoms with E-state index in [2.05, 4.69) is 62.8 Å². The van der Waals surface area contributed by atoms with Gasteiger partial charge in [-0.3, -0.25) is 0 Å². The first-order valence-electron chi connectivity index (χ1n) is 8.32. The van der Waals surface area contributed by atoms with E-state index >= 15 is 0 Å². The summed E-state index contributed by atoms with van der Waals surface area (Å²) < 4.78 is 0. The largest absolute Gasteiger partial charge is 0.508 e. The number of aryl methyl sites for hydroxylation is 2. The summed E-state index contributed by atoms with van der Waals surface area (Å²) in [7, 11) is 5.35. The van der Waals surface area contributed by atoms with Crippen LogP contribution in [0.4, 0.5) is 0 Å². The summed E-state index contributed by atoms with van der Waals surface area (Å²) in [5, 5.41) is 8.99. The Labute approximate surface area is 195 Å². The van der Waals surface area contributed by atoms with Gasteiger partial charge in [0, 0.05) is 31.2 Å². The van der Waals surface area contributed by atoms with Crippen molar-refractivity contribution < 1.29 is 26.8 Å². The minimum atomic E-state index is 0. The van der Waals surface area contributed by atoms with Gasteiger partial charge in [-0.25, -0.2) is 0 Å². The van der Waals surface area contributed by atoms with Gasteiger partial charge in [0.1, 0.15) is 5.75 Å². The Morgan fingerprint density at radius 1 is 1.00 bits per heavy atom. The van der Waals surface area contributed by atoms with Crippen molar-refractivity contribution in [1.82, 2.24) is 4.90 Å². The zero-order chi connectivity index (χ0) is 18.1. The molecule has 1 aliphatic rings. The summed E-state index contributed by atoms with van der Waals surface area (Å²) in [6.07, 6.45) is 3.51. The molecular weight excluding hydrogens is 429 g/mol. The zero-order valence-corrected chi connectivity index (χ0v) is 21.3. The molecule has 0 amide bonds. The van der Waals surface area contributed by atoms with Crippen molar-refractivity contribution in [2.24, 2.45) is 0 Å². The molecule has 0 saturated heterocycles. The summed E-state index contributed by atoms with van der Waals surface area (Å²) in [4.78, 5) is 2.26. The maximum absolute atomic E-state index is 8.99. The zero-order valence-electron chi connectivity index (χ0n) is 17.1. The van der Waals surface area contributed by atoms with Gasteiger partial charge in [-0.05, 0) is 57.2 Å². The molecule has 6 heteroatoms. The Morgan fingerprint density at radius 2 is 1.48 bits per heavy atom. The molecule has 2 nitrogen and oxygen atoms in total. The number of benzene rings is 2. The molecule has 0 spiro atoms. The smallest absolute Gasteiger partial charge is 0.116 e. The van der Waals surface area contributed by atoms with Gasteiger partial charge in [-0.1, -0.05) is 31.6 Å². The number of nitrogens with zero attached hydrogens (tertiary/aromatic N) is 1. The summed E-state index contributed by atoms with van der Waals surface area (Å²) >= 11 is 0. The average Bonchev–Trinajstić information content (AvgIpc) is 2.91. The normalized spacial score (nSPS) is 13.1. The van der Waals surface area contributed by atoms with Gasteiger partial charge in [-0.2, -0.15) is 18.1 Å². The maximum Gasteiger partial charge on any atom is 0.116 e. The topological polar surface area (TPSA) is 23.5 Å². The van der Waals surface area contributed by atoms with Crippen molar-refractivity contribution in [3.8, 4) is 5.75 Å². The molecule has 1 unspecified atom stereocenters. The van der Waals surface area contributed by atoms with Gasteiger partial charge in [0.2, 0.25) is 0 Å². The fourth-order valence-electron chi connectivity index (χ4n) is 2.66. The van der Waals surface area contributed by atoms with Gasteiger partial charge < -0.3 is 10.0 Å². The summed E-state index contributed by atoms with van der Waals surface area (Å²) in [6, 6.07) is 14.7. The van der Waals surface area contributed by atoms with Crippen LogP contribution in [0.1, 0.15) is 22.3 Å². The minimum Gasteiger partial charge on any atom is -0.508 e. The van der Waals surface area contributed by atoms with Crippen LogP contribution in [-0.2, 0) is 28.1 Å². The number of hydrogen-bond acceptors (Lipinski definition) is 2. The van der Waals surface area contributed by atoms with Crippen molar-refractivity contribution in [2.45, 2.75) is 39.4 Å². The second-order valence-corrected chi connectivity index (χ2v) is 7.45. The van der Waals surface area contributed by atoms with Crippen LogP contribution in [0.5, 0.6) is 5.75 Å². The fourth-order valence-corrected chi connectivity index (χ4v) is 2.66. The summed E-state index contributed by atoms with van der Waals surface area (Å²) in [5.41, 5.74) is 5.10. The predicted octanol–water partition coefficient (Wildman–Crippen LogP) is 5.36. The van der Waals surface area contributed by atoms with Crippen LogP contribution in [0.25, 0.3) is 0 Å². The van der Waals surface area contributed by atoms with Crippen molar-refractivity contribution in [3.05, 3.63) is 71.1 Å². The SMILES string of the molecule is CN(C)C1[CH-]c2ccccc2C1.C[Si]C.Cc1cc(C)cc(O)c1.Cl.Cl.[Ti]. The first-order chi connectivity index (χ1) is 11.4. The Bertz CT molecular complexity index is 566. The van der Waals surface area contributed by atoms with E-state index in [1.165, 1.54) is 17.5 Å². The first kappa shape index (κ1) is 31.3. The molecule has 1 N–H and O–H groups in total. The van der Waals surface area contributed by atoms with Gasteiger partial charge in [0.25, 0.3) is 0 Å². The third-order valence-corrected chi connectivity index (χ3v) is 3.73. The molecule has 1 atom stereocenters. The van der Waals surface area contributed by atoms with Crippen molar-refractivity contribution in [3.63, 3.8) is 0 Å². The third-order valence-electron chi connectivity index (χ3n) is 3.73. The molecule has 3 rings (SSSR count). The number of phenols is 1. The third kappa shape index (κ3) is 11.9. The summed E-state index contributed by atoms with van der Waals surface area (Å²) in [5.74, 6) is 0.354. The summed E-state index contributed by atoms with van der Waals surface area (Å²) in [6.45, 7) is 8.24. The van der Waals surface area contributed by atoms with Gasteiger partial charge in [-0.15, -0.1) is 42.5 Å². The van der Waals surface area contributed by atoms with Crippen molar-refractivity contribution >= 4 is 34.3 Å². The number of aromatic hydroxyl groups is 1. The van der Waals surface area contributed by atoms with Crippen LogP contribution in [-0.4, -0.2) is 39.7 Å². The van der Waals surface area contributed by atoms with Crippen LogP contribution in [0, 0.1) is 20.3 Å². The molecule has 2 radical (unpaired) electrons. The van der Waals surface area contributed by atoms with Crippen molar-refractivity contribution in [1.29, 1.82) is 0 Å². The number of rotatable bonds is 1. The second kappa shape index (κ2) is 16.5. The molecule has 0 heterocycles. The van der Waals surface area contributed by atoms with Crippen LogP contribution in [0.3, 0.4) is 0 Å². The van der Waals surface area contributed by atoms with E-state index < -0.39 is 0 Å². The van der Waals surface area contributed by atoms with Crippen molar-refractivity contribution in [2.75, 3.05) is 14.1 Å². The number of likely N-dealkylation sites (N-methyl/N-ethyl adjacent to an activating group) is 1. The first-order valence-corrected chi connectivity index (χ1v) is 10.3. The molecule has 0 aliphatic heterocycles. The Balaban J connectivity index is -0.000000348. The molecule has 2 aromatic carbocycles. The van der Waals surface area contributed by atoms with Gasteiger partial charge in [0.15, 0.2) is 0 Å². The van der Waals surface area contributed by atoms with Crippen LogP contribution < -0.4 is 0 Å². The van der Waals surface area contributed by atoms with Gasteiger partial charge >= 0.3 is 0 Å². The predicted molar refractivity (Wildman–Crippen MR) is 121 cm³/mol. The van der Waals surface area contributed by atoms with E-state index in [-0.39, 0.29) is 46.5 Å². The minimum absolute atomic E-state index is 0. The van der Waals surface area contributed by atoms with E-state index in [4.69, 9.17) is 5.11 Å². The van der Waals surface area contributed by atoms with Crippen LogP contribution in [0.15, 0.2) is 42.5 Å². The Morgan fingerprint density at radius 3 is 1.89 bits per heavy atom. The average molecular weight is 461 g/mol. The van der Waals surface area contributed by atoms with Crippen LogP contribution in [0.2, 0.25) is 13.1 Å². The monoisotopic (exact) mass is 460 g/mol. The molecular formula is C21H32Cl2NOSiTi-. The van der Waals surface area contributed by atoms with E-state index in [1.807, 2.05) is 19.9 Å². The molecule has 0 aromatic heterocycles. The quantitative estimate of drug-likeness (QED) is 0.457. The van der Waals surface area contributed by atoms with Gasteiger partial charge in [0.05, 0.1) is 0 Å². The molecule has 0 fully saturated rings. The van der Waals surface area contributed by atoms with E-state index in [0.29, 0.717) is 11.8 Å². The number of hydrogen-bond donors (Lipinski definition) is 1. The molecule has 0 saturated carbocycles. The molecule has 2 aromatic rings. The Kier molecular flexibility index (Phi) is 19.1. The Hall–Kier alpha value is -0.419. The van der Waals surface area contributed by atoms with E-state index in [1.54, 1.807) is 12.1 Å². The van der Waals surface area contributed by atoms with E-state index in [9.17, 15) is 0 Å². The molecule has 27 heavy (non-hydrogen) atoms. The van der Waals surface area contributed by atoms with E-state index in [0.717, 1.165) is 20.6 Å². The molecule has 1 aliphatic carbocycles. The fraction of sp³-hybridized carbons (Fsp3) is 0.381. The standard InChI is InChI=1S/C11H14N.C8H10O.C2H6Si.2ClH.Ti/c1-12(2)11-7-9-5-3-4-6-10(9)8-11;1-6-3-7(2)5-8(9)4-6;1-3-2;;;/h3-7,11H,8H2,1-2H3;3-5,9H,1-2H3;1-2H3;2*1H;/q-1;;;;;. The maximum atomic E-state index is 8.99. The molecule has 0 bridgehead atoms.